The molecule has 5 nitrogen and oxygen atoms in total. The zero-order valence-corrected chi connectivity index (χ0v) is 13.1. The number of hydrogen-bond donors (Lipinski definition) is 1. The quantitative estimate of drug-likeness (QED) is 0.896. The minimum absolute atomic E-state index is 0.175. The van der Waals surface area contributed by atoms with Crippen LogP contribution in [-0.2, 0) is 14.6 Å². The van der Waals surface area contributed by atoms with Gasteiger partial charge in [-0.3, -0.25) is 4.90 Å². The highest BCUT2D eigenvalue weighted by molar-refractivity contribution is 7.91. The van der Waals surface area contributed by atoms with Crippen LogP contribution in [0.4, 0.5) is 0 Å². The molecule has 1 saturated heterocycles. The Bertz CT molecular complexity index is 601. The zero-order valence-electron chi connectivity index (χ0n) is 12.3. The molecule has 2 unspecified atom stereocenters. The lowest BCUT2D eigenvalue weighted by Gasteiger charge is -2.40. The van der Waals surface area contributed by atoms with Crippen LogP contribution in [0.25, 0.3) is 0 Å². The Morgan fingerprint density at radius 2 is 2.19 bits per heavy atom. The van der Waals surface area contributed by atoms with Crippen LogP contribution in [0.3, 0.4) is 0 Å². The molecule has 1 fully saturated rings. The molecule has 0 aliphatic carbocycles. The van der Waals surface area contributed by atoms with Crippen LogP contribution in [0.2, 0.25) is 0 Å². The van der Waals surface area contributed by atoms with Gasteiger partial charge in [-0.25, -0.2) is 8.42 Å². The van der Waals surface area contributed by atoms with Crippen molar-refractivity contribution in [3.63, 3.8) is 0 Å². The van der Waals surface area contributed by atoms with Crippen molar-refractivity contribution in [1.82, 2.24) is 10.2 Å². The number of rotatable bonds is 3. The van der Waals surface area contributed by atoms with E-state index in [1.54, 1.807) is 6.07 Å². The fourth-order valence-electron chi connectivity index (χ4n) is 3.33. The van der Waals surface area contributed by atoms with Crippen LogP contribution < -0.4 is 5.32 Å². The van der Waals surface area contributed by atoms with Gasteiger partial charge in [0.2, 0.25) is 0 Å². The highest BCUT2D eigenvalue weighted by atomic mass is 32.2. The number of nitrogens with zero attached hydrogens (tertiary/aromatic N) is 1. The second kappa shape index (κ2) is 6.04. The monoisotopic (exact) mass is 310 g/mol. The van der Waals surface area contributed by atoms with Crippen LogP contribution in [0.1, 0.15) is 18.0 Å². The summed E-state index contributed by atoms with van der Waals surface area (Å²) in [6.07, 6.45) is 0.848. The first-order valence-electron chi connectivity index (χ1n) is 7.44. The minimum Gasteiger partial charge on any atom is -0.374 e. The molecular formula is C15H22N2O3S. The predicted molar refractivity (Wildman–Crippen MR) is 81.1 cm³/mol. The number of ether oxygens (including phenoxy) is 1. The lowest BCUT2D eigenvalue weighted by atomic mass is 10.0. The third-order valence-electron chi connectivity index (χ3n) is 4.32. The van der Waals surface area contributed by atoms with Gasteiger partial charge >= 0.3 is 0 Å². The molecule has 6 heteroatoms. The van der Waals surface area contributed by atoms with Gasteiger partial charge in [0.1, 0.15) is 0 Å². The Labute approximate surface area is 126 Å². The molecule has 0 spiro atoms. The van der Waals surface area contributed by atoms with E-state index >= 15 is 0 Å². The SMILES string of the molecule is CNCC1CN(C2CCS(=O)(=O)c3ccccc32)CCO1. The highest BCUT2D eigenvalue weighted by Crippen LogP contribution is 2.36. The van der Waals surface area contributed by atoms with E-state index in [2.05, 4.69) is 10.2 Å². The average Bonchev–Trinajstić information content (AvgIpc) is 2.48. The van der Waals surface area contributed by atoms with Gasteiger partial charge in [-0.2, -0.15) is 0 Å². The Kier molecular flexibility index (Phi) is 4.31. The van der Waals surface area contributed by atoms with Gasteiger partial charge < -0.3 is 10.1 Å². The molecule has 2 aliphatic rings. The van der Waals surface area contributed by atoms with E-state index in [9.17, 15) is 8.42 Å². The van der Waals surface area contributed by atoms with Gasteiger partial charge in [-0.15, -0.1) is 0 Å². The number of benzene rings is 1. The molecule has 1 aromatic rings. The smallest absolute Gasteiger partial charge is 0.178 e. The Hall–Kier alpha value is -0.950. The van der Waals surface area contributed by atoms with Crippen LogP contribution in [-0.4, -0.2) is 58.5 Å². The second-order valence-corrected chi connectivity index (χ2v) is 7.78. The van der Waals surface area contributed by atoms with E-state index in [1.807, 2.05) is 25.2 Å². The van der Waals surface area contributed by atoms with Crippen LogP contribution in [0.5, 0.6) is 0 Å². The van der Waals surface area contributed by atoms with Crippen LogP contribution in [0.15, 0.2) is 29.2 Å². The first-order chi connectivity index (χ1) is 10.1. The lowest BCUT2D eigenvalue weighted by Crippen LogP contribution is -2.48. The molecule has 21 heavy (non-hydrogen) atoms. The van der Waals surface area contributed by atoms with Crippen molar-refractivity contribution in [1.29, 1.82) is 0 Å². The molecule has 1 aromatic carbocycles. The summed E-state index contributed by atoms with van der Waals surface area (Å²) in [6.45, 7) is 3.24. The topological polar surface area (TPSA) is 58.6 Å². The largest absolute Gasteiger partial charge is 0.374 e. The lowest BCUT2D eigenvalue weighted by molar-refractivity contribution is -0.0429. The molecule has 0 radical (unpaired) electrons. The fraction of sp³-hybridized carbons (Fsp3) is 0.600. The summed E-state index contributed by atoms with van der Waals surface area (Å²) >= 11 is 0. The van der Waals surface area contributed by atoms with Crippen molar-refractivity contribution in [3.8, 4) is 0 Å². The first kappa shape index (κ1) is 15.0. The van der Waals surface area contributed by atoms with Gasteiger partial charge in [0.15, 0.2) is 9.84 Å². The van der Waals surface area contributed by atoms with E-state index in [-0.39, 0.29) is 17.9 Å². The van der Waals surface area contributed by atoms with E-state index in [0.717, 1.165) is 25.2 Å². The molecule has 0 bridgehead atoms. The minimum atomic E-state index is -3.11. The molecule has 1 N–H and O–H groups in total. The van der Waals surface area contributed by atoms with Crippen molar-refractivity contribution in [2.45, 2.75) is 23.5 Å². The van der Waals surface area contributed by atoms with E-state index < -0.39 is 9.84 Å². The van der Waals surface area contributed by atoms with Gasteiger partial charge in [-0.05, 0) is 25.1 Å². The van der Waals surface area contributed by atoms with Crippen molar-refractivity contribution in [3.05, 3.63) is 29.8 Å². The molecule has 0 saturated carbocycles. The van der Waals surface area contributed by atoms with Crippen molar-refractivity contribution in [2.75, 3.05) is 39.0 Å². The molecule has 2 aliphatic heterocycles. The Morgan fingerprint density at radius 1 is 1.38 bits per heavy atom. The van der Waals surface area contributed by atoms with Gasteiger partial charge in [0.05, 0.1) is 23.4 Å². The maximum atomic E-state index is 12.2. The summed E-state index contributed by atoms with van der Waals surface area (Å²) < 4.78 is 30.2. The van der Waals surface area contributed by atoms with E-state index in [1.165, 1.54) is 0 Å². The summed E-state index contributed by atoms with van der Waals surface area (Å²) in [4.78, 5) is 2.89. The highest BCUT2D eigenvalue weighted by Gasteiger charge is 2.35. The molecular weight excluding hydrogens is 288 g/mol. The van der Waals surface area contributed by atoms with E-state index in [4.69, 9.17) is 4.74 Å². The number of likely N-dealkylation sites (N-methyl/N-ethyl adjacent to an activating group) is 1. The molecule has 0 aromatic heterocycles. The maximum absolute atomic E-state index is 12.2. The number of morpholine rings is 1. The standard InChI is InChI=1S/C15H22N2O3S/c1-16-10-12-11-17(7-8-20-12)14-6-9-21(18,19)15-5-3-2-4-13(14)15/h2-5,12,14,16H,6-11H2,1H3. The van der Waals surface area contributed by atoms with Crippen molar-refractivity contribution < 1.29 is 13.2 Å². The molecule has 0 amide bonds. The normalized spacial score (nSPS) is 29.0. The predicted octanol–water partition coefficient (Wildman–Crippen LogP) is 0.825. The van der Waals surface area contributed by atoms with Crippen LogP contribution >= 0.6 is 0 Å². The summed E-state index contributed by atoms with van der Waals surface area (Å²) in [7, 11) is -1.19. The molecule has 3 rings (SSSR count). The molecule has 2 heterocycles. The Morgan fingerprint density at radius 3 is 3.00 bits per heavy atom. The third kappa shape index (κ3) is 2.99. The van der Waals surface area contributed by atoms with Crippen LogP contribution in [0, 0.1) is 0 Å². The summed E-state index contributed by atoms with van der Waals surface area (Å²) in [6, 6.07) is 7.62. The average molecular weight is 310 g/mol. The first-order valence-corrected chi connectivity index (χ1v) is 9.09. The number of fused-ring (bicyclic) bond motifs is 1. The number of nitrogens with one attached hydrogen (secondary N) is 1. The van der Waals surface area contributed by atoms with Crippen molar-refractivity contribution in [2.24, 2.45) is 0 Å². The number of hydrogen-bond acceptors (Lipinski definition) is 5. The Balaban J connectivity index is 1.86. The fourth-order valence-corrected chi connectivity index (χ4v) is 4.93. The van der Waals surface area contributed by atoms with E-state index in [0.29, 0.717) is 17.9 Å². The maximum Gasteiger partial charge on any atom is 0.178 e. The molecule has 116 valence electrons. The zero-order chi connectivity index (χ0) is 14.9. The number of sulfone groups is 1. The summed E-state index contributed by atoms with van der Waals surface area (Å²) in [5.74, 6) is 0.239. The van der Waals surface area contributed by atoms with Gasteiger partial charge in [0.25, 0.3) is 0 Å². The molecule has 2 atom stereocenters. The summed E-state index contributed by atoms with van der Waals surface area (Å²) in [5.41, 5.74) is 0.953. The van der Waals surface area contributed by atoms with Crippen molar-refractivity contribution >= 4 is 9.84 Å². The van der Waals surface area contributed by atoms with Gasteiger partial charge in [-0.1, -0.05) is 18.2 Å². The van der Waals surface area contributed by atoms with Gasteiger partial charge in [0, 0.05) is 25.7 Å². The third-order valence-corrected chi connectivity index (χ3v) is 6.13. The summed E-state index contributed by atoms with van der Waals surface area (Å²) in [5, 5.41) is 3.15. The second-order valence-electron chi connectivity index (χ2n) is 5.71.